The van der Waals surface area contributed by atoms with Gasteiger partial charge in [0.25, 0.3) is 21.4 Å². The van der Waals surface area contributed by atoms with Crippen molar-refractivity contribution < 1.29 is 134 Å². The molecule has 0 atom stereocenters. The van der Waals surface area contributed by atoms with Gasteiger partial charge in [-0.2, -0.15) is 8.42 Å². The van der Waals surface area contributed by atoms with Crippen molar-refractivity contribution in [3.8, 4) is 0 Å². The van der Waals surface area contributed by atoms with Crippen molar-refractivity contribution in [1.29, 1.82) is 0 Å². The van der Waals surface area contributed by atoms with Crippen LogP contribution >= 0.6 is 21.4 Å². The van der Waals surface area contributed by atoms with Crippen LogP contribution in [-0.4, -0.2) is 194 Å². The monoisotopic (exact) mass is 2020 g/mol. The van der Waals surface area contributed by atoms with Gasteiger partial charge in [0.2, 0.25) is 105 Å². The van der Waals surface area contributed by atoms with E-state index in [2.05, 4.69) is 50.3 Å². The largest absolute Gasteiger partial charge is 0.399 e. The zero-order valence-electron chi connectivity index (χ0n) is 64.5. The zero-order chi connectivity index (χ0) is 96.9. The lowest BCUT2D eigenvalue weighted by Crippen LogP contribution is -2.39. The molecule has 0 aliphatic carbocycles. The molecule has 7 aromatic rings. The van der Waals surface area contributed by atoms with Gasteiger partial charge in [-0.3, -0.25) is 63.1 Å². The van der Waals surface area contributed by atoms with Gasteiger partial charge in [-0.25, -0.2) is 118 Å². The number of carbonyl (C=O) groups excluding carboxylic acids is 1. The highest BCUT2D eigenvalue weighted by molar-refractivity contribution is 8.13. The first kappa shape index (κ1) is 117. The Bertz CT molecular complexity index is 6050. The van der Waals surface area contributed by atoms with Crippen molar-refractivity contribution >= 4 is 226 Å². The zero-order valence-corrected chi connectivity index (χ0v) is 75.9. The van der Waals surface area contributed by atoms with Gasteiger partial charge >= 0.3 is 16.4 Å². The molecule has 53 nitrogen and oxygen atoms in total. The average molecular weight is 2020 g/mol. The predicted molar refractivity (Wildman–Crippen MR) is 464 cm³/mol. The molecule has 0 unspecified atom stereocenters. The highest BCUT2D eigenvalue weighted by Crippen LogP contribution is 2.29. The highest BCUT2D eigenvalue weighted by Gasteiger charge is 2.28. The van der Waals surface area contributed by atoms with Gasteiger partial charge in [0, 0.05) is 116 Å². The van der Waals surface area contributed by atoms with E-state index in [4.69, 9.17) is 72.1 Å². The third-order valence-corrected chi connectivity index (χ3v) is 18.7. The van der Waals surface area contributed by atoms with Gasteiger partial charge in [0.05, 0.1) is 76.4 Å². The maximum Gasteiger partial charge on any atom is 0.394 e. The summed E-state index contributed by atoms with van der Waals surface area (Å²) in [4.78, 5) is 38.2. The van der Waals surface area contributed by atoms with Crippen LogP contribution in [0.4, 0.5) is 84.4 Å². The Kier molecular flexibility index (Phi) is 47.8. The number of nitrogen functional groups attached to an aromatic ring is 6. The van der Waals surface area contributed by atoms with E-state index in [0.717, 1.165) is 75.2 Å². The summed E-state index contributed by atoms with van der Waals surface area (Å²) in [6.45, 7) is 3.53. The SMILES string of the molecule is C1CCOC1.CC[N+](=O)[O-].CS(=O)(=O)Cl.CS(=O)(=O)Cl.CS(=O)(=O)Nc1ccc(N)c(S(N)(=O)=O)c1.CS(=O)(=O)Nc1ccc(N)c(S(N)(=O)=O)c1.CS(=O)(=O)Nc1ccc(N)cc1.CS(=O)(=O)Nc1ccc([N+](=O)[O-])cc1.CS(=O)(=O)Nc1ccc2c(c1)S(=O)(=O)NC(=O)N2.Nc1ccc(N)c(S(N)(=O)=O)c1.Nc1ccc([N+](=O)[O-])cc1.O=S(=O)(O)O. The summed E-state index contributed by atoms with van der Waals surface area (Å²) in [6.07, 6.45) is 9.35. The number of nitrogens with zero attached hydrogens (tertiary/aromatic N) is 3. The van der Waals surface area contributed by atoms with Crippen LogP contribution in [0.1, 0.15) is 19.8 Å². The molecule has 2 aliphatic heterocycles. The molecule has 2 amide bonds. The molecule has 2 aliphatic rings. The second kappa shape index (κ2) is 50.3. The minimum absolute atomic E-state index is 0.0278. The topological polar surface area (TPSA) is 924 Å². The van der Waals surface area contributed by atoms with Crippen LogP contribution in [0.15, 0.2) is 165 Å². The Balaban J connectivity index is -0.00000131. The quantitative estimate of drug-likeness (QED) is 0.0214. The van der Waals surface area contributed by atoms with Gasteiger partial charge in [0.15, 0.2) is 0 Å². The van der Waals surface area contributed by atoms with Crippen LogP contribution in [0.3, 0.4) is 0 Å². The van der Waals surface area contributed by atoms with Crippen LogP contribution in [-0.2, 0) is 123 Å². The summed E-state index contributed by atoms with van der Waals surface area (Å²) in [5, 5.41) is 46.5. The summed E-state index contributed by atoms with van der Waals surface area (Å²) in [5.74, 6) is 0. The number of hydrogen-bond acceptors (Lipinski definition) is 38. The third kappa shape index (κ3) is 64.1. The minimum atomic E-state index is -4.67. The second-order valence-corrected chi connectivity index (χ2v) is 45.1. The fraction of sp³-hybridized carbons (Fsp3) is 0.232. The van der Waals surface area contributed by atoms with E-state index in [1.165, 1.54) is 123 Å². The van der Waals surface area contributed by atoms with Gasteiger partial charge in [0.1, 0.15) is 19.6 Å². The van der Waals surface area contributed by atoms with Gasteiger partial charge in [-0.05, 0) is 134 Å². The number of fused-ring (bicyclic) bond motifs is 1. The van der Waals surface area contributed by atoms with E-state index in [0.29, 0.717) is 28.4 Å². The number of non-ortho nitro benzene ring substituents is 2. The number of nitrogens with one attached hydrogen (secondary N) is 7. The molecule has 7 aromatic carbocycles. The Morgan fingerprint density at radius 2 is 0.650 bits per heavy atom. The van der Waals surface area contributed by atoms with Gasteiger partial charge < -0.3 is 44.5 Å². The molecule has 694 valence electrons. The van der Waals surface area contributed by atoms with Crippen LogP contribution in [0.25, 0.3) is 0 Å². The highest BCUT2D eigenvalue weighted by atomic mass is 35.7. The first-order valence-electron chi connectivity index (χ1n) is 31.3. The summed E-state index contributed by atoms with van der Waals surface area (Å²) in [6, 6.07) is 31.7. The maximum absolute atomic E-state index is 11.7. The second-order valence-electron chi connectivity index (χ2n) is 23.1. The molecule has 0 bridgehead atoms. The van der Waals surface area contributed by atoms with Crippen molar-refractivity contribution in [3.63, 3.8) is 0 Å². The Morgan fingerprint density at radius 1 is 0.415 bits per heavy atom. The smallest absolute Gasteiger partial charge is 0.394 e. The lowest BCUT2D eigenvalue weighted by Gasteiger charge is -2.19. The number of sulfonamides is 9. The van der Waals surface area contributed by atoms with Crippen LogP contribution in [0, 0.1) is 30.3 Å². The van der Waals surface area contributed by atoms with Crippen molar-refractivity contribution in [2.45, 2.75) is 39.3 Å². The summed E-state index contributed by atoms with van der Waals surface area (Å²) >= 11 is 0. The molecule has 67 heteroatoms. The fourth-order valence-corrected chi connectivity index (χ4v) is 13.1. The minimum Gasteiger partial charge on any atom is -0.399 e. The number of ether oxygens (including phenoxy) is 1. The molecule has 0 saturated carbocycles. The Hall–Kier alpha value is -10.5. The van der Waals surface area contributed by atoms with Gasteiger partial charge in [-0.15, -0.1) is 0 Å². The average Bonchev–Trinajstić information content (AvgIpc) is 0.965. The molecule has 0 radical (unpaired) electrons. The molecule has 1 fully saturated rings. The van der Waals surface area contributed by atoms with E-state index in [-0.39, 0.29) is 82.2 Å². The number of rotatable bonds is 16. The standard InChI is InChI=1S/C8H9N3O5S2.2C7H11N3O4S2.C7H8N2O4S.C7H10N2O2S.C6H9N3O2S.C6H6N2O2.C4H8O.C2H5NO2.2CH3ClO2S.H2O4S/c1-17(13,14)10-5-2-3-6-7(4-5)18(15,16)11-8(12)9-6;2*1-15(11,12)10-5-2-3-6(8)7(4-5)16(9,13)14;1-14(12,13)8-6-2-4-7(5-3-6)9(10)11;1-12(10,11)9-7-4-2-6(8)3-5-7;7-4-1-2-5(8)6(3-4)12(9,10)11;7-5-1-3-6(4-2-5)8(9)10;1-2-4-5-3-1;1-2-3(4)5;3*1-5(2,3)4/h2-4,10H,1H3,(H2,9,11,12);2*2-4,10H,8H2,1H3,(H2,9,13,14);2-5,8H,1H3;2-5,9H,8H2,1H3;1-3H,7-8H2,(H2,9,10,11);1-4H,7H2;1-4H2;2H2,1H3;2*1H3;(H2,1,2,3,4). The Morgan fingerprint density at radius 3 is 0.911 bits per heavy atom. The molecular weight excluding hydrogens is 1940 g/mol. The molecule has 123 heavy (non-hydrogen) atoms. The summed E-state index contributed by atoms with van der Waals surface area (Å²) in [7, 11) is -34.7. The van der Waals surface area contributed by atoms with Crippen molar-refractivity contribution in [3.05, 3.63) is 176 Å². The lowest BCUT2D eigenvalue weighted by atomic mass is 10.3. The predicted octanol–water partition coefficient (Wildman–Crippen LogP) is 1.54. The van der Waals surface area contributed by atoms with E-state index in [1.54, 1.807) is 29.0 Å². The number of benzene rings is 7. The number of primary sulfonamides is 3. The summed E-state index contributed by atoms with van der Waals surface area (Å²) < 4.78 is 285. The number of amides is 2. The van der Waals surface area contributed by atoms with E-state index in [9.17, 15) is 128 Å². The first-order chi connectivity index (χ1) is 55.1. The van der Waals surface area contributed by atoms with Crippen molar-refractivity contribution in [1.82, 2.24) is 4.72 Å². The van der Waals surface area contributed by atoms with E-state index < -0.39 is 135 Å². The van der Waals surface area contributed by atoms with Gasteiger partial charge in [-0.1, -0.05) is 0 Å². The third-order valence-electron chi connectivity index (χ3n) is 11.4. The number of nitro groups is 3. The molecule has 1 saturated heterocycles. The number of anilines is 12. The molecule has 0 aromatic heterocycles. The Labute approximate surface area is 716 Å². The van der Waals surface area contributed by atoms with Crippen molar-refractivity contribution in [2.24, 2.45) is 15.4 Å². The van der Waals surface area contributed by atoms with Crippen LogP contribution in [0.2, 0.25) is 0 Å². The normalized spacial score (nSPS) is 12.6. The molecule has 27 N–H and O–H groups in total. The van der Waals surface area contributed by atoms with E-state index >= 15 is 0 Å². The number of nitro benzene ring substituents is 2. The number of halogens is 2. The molecule has 9 rings (SSSR count). The van der Waals surface area contributed by atoms with E-state index in [1.807, 2.05) is 0 Å². The molecular formula is C56H85Cl2N19O34S12. The number of urea groups is 1. The fourth-order valence-electron chi connectivity index (χ4n) is 7.10. The summed E-state index contributed by atoms with van der Waals surface area (Å²) in [5.41, 5.74) is 34.9. The van der Waals surface area contributed by atoms with Crippen LogP contribution < -0.4 is 83.5 Å². The lowest BCUT2D eigenvalue weighted by molar-refractivity contribution is -0.475. The first-order valence-corrected chi connectivity index (χ1v) is 53.7. The number of carbonyl (C=O) groups is 1. The maximum atomic E-state index is 11.7. The molecule has 2 heterocycles. The van der Waals surface area contributed by atoms with Crippen molar-refractivity contribution in [2.75, 3.05) is 127 Å². The number of hydrogen-bond donors (Lipinski definition) is 18. The van der Waals surface area contributed by atoms with Crippen LogP contribution in [0.5, 0.6) is 0 Å². The molecule has 0 spiro atoms. The number of nitrogens with two attached hydrogens (primary N) is 9.